The highest BCUT2D eigenvalue weighted by Gasteiger charge is 2.16. The summed E-state index contributed by atoms with van der Waals surface area (Å²) in [5.41, 5.74) is 0.545. The third-order valence-corrected chi connectivity index (χ3v) is 3.51. The topological polar surface area (TPSA) is 82.1 Å². The zero-order chi connectivity index (χ0) is 12.4. The summed E-state index contributed by atoms with van der Waals surface area (Å²) >= 11 is 1.17. The molecule has 0 bridgehead atoms. The van der Waals surface area contributed by atoms with Gasteiger partial charge in [-0.25, -0.2) is 14.8 Å². The molecule has 2 aromatic rings. The first-order valence-corrected chi connectivity index (χ1v) is 5.79. The highest BCUT2D eigenvalue weighted by Crippen LogP contribution is 2.25. The molecule has 2 heterocycles. The summed E-state index contributed by atoms with van der Waals surface area (Å²) in [5.74, 6) is -0.116. The van der Waals surface area contributed by atoms with E-state index in [1.807, 2.05) is 11.9 Å². The molecule has 0 spiro atoms. The number of hydrogen-bond donors (Lipinski definition) is 2. The van der Waals surface area contributed by atoms with Crippen LogP contribution in [0.25, 0.3) is 0 Å². The number of aromatic amines is 1. The lowest BCUT2D eigenvalue weighted by Gasteiger charge is -2.13. The third-order valence-electron chi connectivity index (χ3n) is 2.25. The molecule has 2 rings (SSSR count). The van der Waals surface area contributed by atoms with E-state index in [-0.39, 0.29) is 4.88 Å². The number of imidazole rings is 1. The van der Waals surface area contributed by atoms with Gasteiger partial charge < -0.3 is 15.0 Å². The number of aryl methyl sites for hydroxylation is 1. The van der Waals surface area contributed by atoms with Gasteiger partial charge in [-0.3, -0.25) is 0 Å². The average molecular weight is 252 g/mol. The molecule has 2 N–H and O–H groups in total. The molecular formula is C10H12N4O2S. The van der Waals surface area contributed by atoms with Crippen molar-refractivity contribution < 1.29 is 9.90 Å². The molecule has 0 radical (unpaired) electrons. The second-order valence-corrected chi connectivity index (χ2v) is 4.59. The van der Waals surface area contributed by atoms with E-state index < -0.39 is 5.97 Å². The Kier molecular flexibility index (Phi) is 3.10. The normalized spacial score (nSPS) is 10.5. The van der Waals surface area contributed by atoms with Crippen molar-refractivity contribution in [2.75, 3.05) is 11.9 Å². The highest BCUT2D eigenvalue weighted by atomic mass is 32.1. The Hall–Kier alpha value is -1.89. The fourth-order valence-corrected chi connectivity index (χ4v) is 2.29. The maximum atomic E-state index is 10.9. The van der Waals surface area contributed by atoms with Gasteiger partial charge in [0.2, 0.25) is 0 Å². The third kappa shape index (κ3) is 2.44. The maximum absolute atomic E-state index is 10.9. The summed E-state index contributed by atoms with van der Waals surface area (Å²) in [6.07, 6.45) is 3.43. The highest BCUT2D eigenvalue weighted by molar-refractivity contribution is 7.17. The number of nitrogens with one attached hydrogen (secondary N) is 1. The van der Waals surface area contributed by atoms with Gasteiger partial charge in [0.1, 0.15) is 10.7 Å². The molecule has 0 aliphatic carbocycles. The molecule has 0 fully saturated rings. The Morgan fingerprint density at radius 3 is 2.94 bits per heavy atom. The molecule has 2 aromatic heterocycles. The lowest BCUT2D eigenvalue weighted by Crippen LogP contribution is -2.16. The predicted octanol–water partition coefficient (Wildman–Crippen LogP) is 1.51. The van der Waals surface area contributed by atoms with Crippen molar-refractivity contribution in [3.8, 4) is 0 Å². The van der Waals surface area contributed by atoms with Crippen LogP contribution in [0.5, 0.6) is 0 Å². The van der Waals surface area contributed by atoms with Crippen molar-refractivity contribution in [2.45, 2.75) is 13.5 Å². The summed E-state index contributed by atoms with van der Waals surface area (Å²) in [7, 11) is 1.85. The number of thiazole rings is 1. The second kappa shape index (κ2) is 4.54. The lowest BCUT2D eigenvalue weighted by molar-refractivity contribution is 0.0701. The van der Waals surface area contributed by atoms with Gasteiger partial charge in [-0.05, 0) is 6.92 Å². The number of aromatic nitrogens is 3. The quantitative estimate of drug-likeness (QED) is 0.861. The summed E-state index contributed by atoms with van der Waals surface area (Å²) in [6.45, 7) is 2.27. The van der Waals surface area contributed by atoms with Gasteiger partial charge in [-0.1, -0.05) is 11.3 Å². The Morgan fingerprint density at radius 1 is 1.65 bits per heavy atom. The van der Waals surface area contributed by atoms with Gasteiger partial charge in [0.15, 0.2) is 5.13 Å². The number of nitrogens with zero attached hydrogens (tertiary/aromatic N) is 3. The minimum absolute atomic E-state index is 0.284. The predicted molar refractivity (Wildman–Crippen MR) is 64.5 cm³/mol. The SMILES string of the molecule is Cc1nc(N(C)Cc2ncc[nH]2)sc1C(=O)O. The molecular weight excluding hydrogens is 240 g/mol. The van der Waals surface area contributed by atoms with Crippen LogP contribution in [-0.4, -0.2) is 33.1 Å². The Balaban J connectivity index is 2.17. The fraction of sp³-hybridized carbons (Fsp3) is 0.300. The Labute approximate surface area is 102 Å². The maximum Gasteiger partial charge on any atom is 0.347 e. The first-order chi connectivity index (χ1) is 8.08. The zero-order valence-electron chi connectivity index (χ0n) is 9.47. The van der Waals surface area contributed by atoms with Crippen molar-refractivity contribution in [1.29, 1.82) is 0 Å². The van der Waals surface area contributed by atoms with E-state index in [2.05, 4.69) is 15.0 Å². The van der Waals surface area contributed by atoms with Crippen LogP contribution in [-0.2, 0) is 6.54 Å². The van der Waals surface area contributed by atoms with E-state index in [1.165, 1.54) is 11.3 Å². The van der Waals surface area contributed by atoms with Crippen LogP contribution in [0, 0.1) is 6.92 Å². The number of carboxylic acids is 1. The number of H-pyrrole nitrogens is 1. The second-order valence-electron chi connectivity index (χ2n) is 3.61. The van der Waals surface area contributed by atoms with E-state index in [0.717, 1.165) is 5.82 Å². The number of hydrogen-bond acceptors (Lipinski definition) is 5. The van der Waals surface area contributed by atoms with Crippen LogP contribution in [0.4, 0.5) is 5.13 Å². The summed E-state index contributed by atoms with van der Waals surface area (Å²) in [4.78, 5) is 24.4. The van der Waals surface area contributed by atoms with Gasteiger partial charge in [0, 0.05) is 19.4 Å². The van der Waals surface area contributed by atoms with Crippen LogP contribution in [0.2, 0.25) is 0 Å². The minimum atomic E-state index is -0.933. The van der Waals surface area contributed by atoms with Crippen molar-refractivity contribution in [3.63, 3.8) is 0 Å². The molecule has 0 amide bonds. The van der Waals surface area contributed by atoms with Crippen LogP contribution in [0.15, 0.2) is 12.4 Å². The Morgan fingerprint density at radius 2 is 2.41 bits per heavy atom. The minimum Gasteiger partial charge on any atom is -0.477 e. The number of carbonyl (C=O) groups is 1. The molecule has 6 nitrogen and oxygen atoms in total. The Bertz CT molecular complexity index is 520. The molecule has 7 heteroatoms. The molecule has 0 saturated carbocycles. The van der Waals surface area contributed by atoms with Crippen molar-refractivity contribution >= 4 is 22.4 Å². The molecule has 0 saturated heterocycles. The average Bonchev–Trinajstić information content (AvgIpc) is 2.86. The molecule has 0 aliphatic rings. The molecule has 0 atom stereocenters. The van der Waals surface area contributed by atoms with Crippen LogP contribution in [0.1, 0.15) is 21.2 Å². The standard InChI is InChI=1S/C10H12N4O2S/c1-6-8(9(15)16)17-10(13-6)14(2)5-7-11-3-4-12-7/h3-4H,5H2,1-2H3,(H,11,12)(H,15,16). The molecule has 90 valence electrons. The number of anilines is 1. The smallest absolute Gasteiger partial charge is 0.347 e. The first-order valence-electron chi connectivity index (χ1n) is 4.98. The van der Waals surface area contributed by atoms with Gasteiger partial charge >= 0.3 is 5.97 Å². The number of carboxylic acid groups (broad SMARTS) is 1. The van der Waals surface area contributed by atoms with Gasteiger partial charge in [-0.15, -0.1) is 0 Å². The molecule has 0 unspecified atom stereocenters. The largest absolute Gasteiger partial charge is 0.477 e. The van der Waals surface area contributed by atoms with E-state index >= 15 is 0 Å². The number of aromatic carboxylic acids is 1. The molecule has 0 aliphatic heterocycles. The van der Waals surface area contributed by atoms with Crippen molar-refractivity contribution in [3.05, 3.63) is 28.8 Å². The monoisotopic (exact) mass is 252 g/mol. The fourth-order valence-electron chi connectivity index (χ4n) is 1.42. The van der Waals surface area contributed by atoms with Gasteiger partial charge in [-0.2, -0.15) is 0 Å². The van der Waals surface area contributed by atoms with Gasteiger partial charge in [0.05, 0.1) is 12.2 Å². The molecule has 0 aromatic carbocycles. The van der Waals surface area contributed by atoms with Crippen LogP contribution < -0.4 is 4.90 Å². The van der Waals surface area contributed by atoms with Crippen LogP contribution in [0.3, 0.4) is 0 Å². The van der Waals surface area contributed by atoms with Gasteiger partial charge in [0.25, 0.3) is 0 Å². The van der Waals surface area contributed by atoms with Crippen LogP contribution >= 0.6 is 11.3 Å². The summed E-state index contributed by atoms with van der Waals surface area (Å²) < 4.78 is 0. The van der Waals surface area contributed by atoms with E-state index in [1.54, 1.807) is 19.3 Å². The summed E-state index contributed by atoms with van der Waals surface area (Å²) in [6, 6.07) is 0. The first kappa shape index (κ1) is 11.6. The van der Waals surface area contributed by atoms with E-state index in [4.69, 9.17) is 5.11 Å². The van der Waals surface area contributed by atoms with E-state index in [0.29, 0.717) is 17.4 Å². The summed E-state index contributed by atoms with van der Waals surface area (Å²) in [5, 5.41) is 9.63. The van der Waals surface area contributed by atoms with Crippen molar-refractivity contribution in [2.24, 2.45) is 0 Å². The van der Waals surface area contributed by atoms with E-state index in [9.17, 15) is 4.79 Å². The lowest BCUT2D eigenvalue weighted by atomic mass is 10.4. The molecule has 17 heavy (non-hydrogen) atoms. The zero-order valence-corrected chi connectivity index (χ0v) is 10.3. The number of rotatable bonds is 4. The van der Waals surface area contributed by atoms with Crippen molar-refractivity contribution in [1.82, 2.24) is 15.0 Å².